The molecule has 1 N–H and O–H groups in total. The molecule has 0 aliphatic rings. The summed E-state index contributed by atoms with van der Waals surface area (Å²) in [6.45, 7) is -0.208. The number of carboxylic acid groups (broad SMARTS) is 1. The summed E-state index contributed by atoms with van der Waals surface area (Å²) in [5.74, 6) is -0.933. The lowest BCUT2D eigenvalue weighted by Gasteiger charge is -1.83. The predicted molar refractivity (Wildman–Crippen MR) is 28.1 cm³/mol. The molecule has 7 heavy (non-hydrogen) atoms. The molecule has 0 saturated heterocycles. The van der Waals surface area contributed by atoms with Crippen LogP contribution in [0.5, 0.6) is 0 Å². The van der Waals surface area contributed by atoms with Gasteiger partial charge in [-0.3, -0.25) is 0 Å². The summed E-state index contributed by atoms with van der Waals surface area (Å²) in [6, 6.07) is 0. The van der Waals surface area contributed by atoms with E-state index in [1.807, 2.05) is 0 Å². The number of carbonyl (C=O) groups is 1. The Morgan fingerprint density at radius 3 is 2.29 bits per heavy atom. The van der Waals surface area contributed by atoms with E-state index in [1.54, 1.807) is 0 Å². The zero-order valence-electron chi connectivity index (χ0n) is 3.47. The van der Waals surface area contributed by atoms with Gasteiger partial charge in [0.2, 0.25) is 0 Å². The summed E-state index contributed by atoms with van der Waals surface area (Å²) in [4.78, 5) is 9.47. The van der Waals surface area contributed by atoms with Crippen LogP contribution in [-0.4, -0.2) is 47.8 Å². The molecule has 0 aromatic rings. The van der Waals surface area contributed by atoms with E-state index >= 15 is 0 Å². The van der Waals surface area contributed by atoms with E-state index in [2.05, 4.69) is 4.74 Å². The molecular weight excluding hydrogens is 108 g/mol. The van der Waals surface area contributed by atoms with Crippen LogP contribution in [0, 0.1) is 0 Å². The van der Waals surface area contributed by atoms with Crippen LogP contribution in [0.3, 0.4) is 0 Å². The number of methoxy groups -OCH3 is 1. The SMILES string of the molecule is COCC(=O)O.[MgH2]. The van der Waals surface area contributed by atoms with Gasteiger partial charge in [-0.1, -0.05) is 0 Å². The Balaban J connectivity index is 0. The van der Waals surface area contributed by atoms with E-state index in [0.29, 0.717) is 0 Å². The van der Waals surface area contributed by atoms with Crippen LogP contribution in [0.4, 0.5) is 0 Å². The Morgan fingerprint density at radius 1 is 1.86 bits per heavy atom. The maximum absolute atomic E-state index is 9.47. The van der Waals surface area contributed by atoms with Crippen molar-refractivity contribution in [1.82, 2.24) is 0 Å². The largest absolute Gasteiger partial charge is 0.480 e. The van der Waals surface area contributed by atoms with E-state index in [1.165, 1.54) is 7.11 Å². The number of rotatable bonds is 2. The molecule has 0 bridgehead atoms. The van der Waals surface area contributed by atoms with Crippen molar-refractivity contribution in [3.05, 3.63) is 0 Å². The van der Waals surface area contributed by atoms with Crippen molar-refractivity contribution in [2.45, 2.75) is 0 Å². The van der Waals surface area contributed by atoms with Crippen LogP contribution in [0.25, 0.3) is 0 Å². The topological polar surface area (TPSA) is 46.5 Å². The molecular formula is C3H8MgO3. The van der Waals surface area contributed by atoms with E-state index in [-0.39, 0.29) is 29.7 Å². The zero-order chi connectivity index (χ0) is 4.99. The van der Waals surface area contributed by atoms with E-state index in [0.717, 1.165) is 0 Å². The standard InChI is InChI=1S/C3H6O3.Mg.2H/c1-6-2-3(4)5;;;/h2H2,1H3,(H,4,5);;;. The van der Waals surface area contributed by atoms with Crippen molar-refractivity contribution >= 4 is 29.0 Å². The van der Waals surface area contributed by atoms with Gasteiger partial charge in [0.1, 0.15) is 6.61 Å². The Morgan fingerprint density at radius 2 is 2.29 bits per heavy atom. The first-order valence-corrected chi connectivity index (χ1v) is 1.48. The van der Waals surface area contributed by atoms with E-state index < -0.39 is 5.97 Å². The van der Waals surface area contributed by atoms with Crippen LogP contribution < -0.4 is 0 Å². The highest BCUT2D eigenvalue weighted by Gasteiger charge is 1.87. The molecule has 3 nitrogen and oxygen atoms in total. The molecule has 0 radical (unpaired) electrons. The van der Waals surface area contributed by atoms with Crippen LogP contribution in [0.15, 0.2) is 0 Å². The highest BCUT2D eigenvalue weighted by molar-refractivity contribution is 5.75. The molecule has 4 heteroatoms. The zero-order valence-corrected chi connectivity index (χ0v) is 3.47. The molecule has 0 atom stereocenters. The van der Waals surface area contributed by atoms with Crippen molar-refractivity contribution < 1.29 is 14.6 Å². The first-order chi connectivity index (χ1) is 2.77. The van der Waals surface area contributed by atoms with Gasteiger partial charge in [0, 0.05) is 7.11 Å². The summed E-state index contributed by atoms with van der Waals surface area (Å²) in [7, 11) is 1.34. The van der Waals surface area contributed by atoms with Gasteiger partial charge in [0.25, 0.3) is 0 Å². The maximum Gasteiger partial charge on any atom is 0.329 e. The van der Waals surface area contributed by atoms with Crippen molar-refractivity contribution in [3.63, 3.8) is 0 Å². The molecule has 0 heterocycles. The Hall–Kier alpha value is 0.196. The van der Waals surface area contributed by atoms with Crippen molar-refractivity contribution in [2.24, 2.45) is 0 Å². The quantitative estimate of drug-likeness (QED) is 0.461. The normalized spacial score (nSPS) is 7.00. The summed E-state index contributed by atoms with van der Waals surface area (Å²) in [5, 5.41) is 7.79. The minimum absolute atomic E-state index is 0. The van der Waals surface area contributed by atoms with Crippen LogP contribution in [0.1, 0.15) is 0 Å². The molecule has 0 fully saturated rings. The second kappa shape index (κ2) is 6.20. The van der Waals surface area contributed by atoms with Gasteiger partial charge in [-0.05, 0) is 0 Å². The van der Waals surface area contributed by atoms with Gasteiger partial charge >= 0.3 is 29.0 Å². The molecule has 0 aliphatic carbocycles. The maximum atomic E-state index is 9.47. The molecule has 0 saturated carbocycles. The molecule has 0 amide bonds. The Kier molecular flexibility index (Phi) is 9.06. The van der Waals surface area contributed by atoms with Gasteiger partial charge < -0.3 is 9.84 Å². The minimum Gasteiger partial charge on any atom is -0.480 e. The summed E-state index contributed by atoms with van der Waals surface area (Å²) in [5.41, 5.74) is 0. The van der Waals surface area contributed by atoms with Gasteiger partial charge in [0.05, 0.1) is 0 Å². The van der Waals surface area contributed by atoms with Crippen LogP contribution in [-0.2, 0) is 9.53 Å². The van der Waals surface area contributed by atoms with Crippen molar-refractivity contribution in [2.75, 3.05) is 13.7 Å². The first-order valence-electron chi connectivity index (χ1n) is 1.48. The van der Waals surface area contributed by atoms with Crippen molar-refractivity contribution in [3.8, 4) is 0 Å². The van der Waals surface area contributed by atoms with Gasteiger partial charge in [-0.25, -0.2) is 4.79 Å². The molecule has 0 rings (SSSR count). The van der Waals surface area contributed by atoms with Gasteiger partial charge in [-0.15, -0.1) is 0 Å². The van der Waals surface area contributed by atoms with Gasteiger partial charge in [0.15, 0.2) is 0 Å². The third kappa shape index (κ3) is 10.7. The number of hydrogen-bond acceptors (Lipinski definition) is 2. The fourth-order valence-corrected chi connectivity index (χ4v) is 0.123. The number of aliphatic carboxylic acids is 1. The lowest BCUT2D eigenvalue weighted by molar-refractivity contribution is -0.141. The summed E-state index contributed by atoms with van der Waals surface area (Å²) >= 11 is 0. The summed E-state index contributed by atoms with van der Waals surface area (Å²) in [6.07, 6.45) is 0. The lowest BCUT2D eigenvalue weighted by atomic mass is 10.8. The second-order valence-corrected chi connectivity index (χ2v) is 0.827. The monoisotopic (exact) mass is 116 g/mol. The van der Waals surface area contributed by atoms with Gasteiger partial charge in [-0.2, -0.15) is 0 Å². The molecule has 0 aromatic heterocycles. The smallest absolute Gasteiger partial charge is 0.329 e. The average molecular weight is 116 g/mol. The number of ether oxygens (including phenoxy) is 1. The third-order valence-corrected chi connectivity index (χ3v) is 0.268. The minimum atomic E-state index is -0.933. The Labute approximate surface area is 57.8 Å². The Bertz CT molecular complexity index is 54.1. The van der Waals surface area contributed by atoms with Crippen LogP contribution >= 0.6 is 0 Å². The molecule has 0 unspecified atom stereocenters. The molecule has 0 spiro atoms. The first kappa shape index (κ1) is 10.2. The van der Waals surface area contributed by atoms with E-state index in [4.69, 9.17) is 5.11 Å². The lowest BCUT2D eigenvalue weighted by Crippen LogP contribution is -2.02. The number of hydrogen-bond donors (Lipinski definition) is 1. The van der Waals surface area contributed by atoms with Crippen LogP contribution in [0.2, 0.25) is 0 Å². The second-order valence-electron chi connectivity index (χ2n) is 0.827. The summed E-state index contributed by atoms with van der Waals surface area (Å²) < 4.78 is 4.20. The average Bonchev–Trinajstić information content (AvgIpc) is 1.35. The highest BCUT2D eigenvalue weighted by Crippen LogP contribution is 1.61. The fraction of sp³-hybridized carbons (Fsp3) is 0.667. The molecule has 0 aromatic carbocycles. The fourth-order valence-electron chi connectivity index (χ4n) is 0.123. The number of carboxylic acids is 1. The third-order valence-electron chi connectivity index (χ3n) is 0.268. The molecule has 40 valence electrons. The molecule has 0 aliphatic heterocycles. The van der Waals surface area contributed by atoms with E-state index in [9.17, 15) is 4.79 Å². The highest BCUT2D eigenvalue weighted by atomic mass is 24.3. The van der Waals surface area contributed by atoms with Crippen molar-refractivity contribution in [1.29, 1.82) is 0 Å². The predicted octanol–water partition coefficient (Wildman–Crippen LogP) is -1.20.